The first-order valence-electron chi connectivity index (χ1n) is 9.51. The minimum Gasteiger partial charge on any atom is -0.406 e. The number of aromatic nitrogens is 1. The minimum absolute atomic E-state index is 0.00418. The normalized spacial score (nSPS) is 15.2. The highest BCUT2D eigenvalue weighted by atomic mass is 32.2. The number of carbonyl (C=O) groups excluding carboxylic acids is 1. The molecule has 1 aliphatic heterocycles. The number of nitrogens with zero attached hydrogens (tertiary/aromatic N) is 3. The molecule has 0 saturated carbocycles. The molecule has 0 bridgehead atoms. The van der Waals surface area contributed by atoms with Gasteiger partial charge in [-0.3, -0.25) is 4.79 Å². The van der Waals surface area contributed by atoms with E-state index >= 15 is 0 Å². The largest absolute Gasteiger partial charge is 0.573 e. The summed E-state index contributed by atoms with van der Waals surface area (Å²) in [6.07, 6.45) is -3.70. The molecular weight excluding hydrogens is 467 g/mol. The third-order valence-corrected chi connectivity index (χ3v) is 7.17. The van der Waals surface area contributed by atoms with Gasteiger partial charge in [0.2, 0.25) is 0 Å². The van der Waals surface area contributed by atoms with E-state index in [4.69, 9.17) is 0 Å². The molecule has 2 aromatic carbocycles. The van der Waals surface area contributed by atoms with Crippen molar-refractivity contribution >= 4 is 42.4 Å². The standard InChI is InChI=1S/C20H18F3N3O4S2/c1-32(28,29)17-5-3-2-4-14(17)18(27)25-8-10-26(11-9-25)19-24-15-7-6-13(12-16(15)31-19)30-20(21,22)23/h2-7,12H,8-11H2,1H3. The lowest BCUT2D eigenvalue weighted by atomic mass is 10.2. The topological polar surface area (TPSA) is 79.8 Å². The summed E-state index contributed by atoms with van der Waals surface area (Å²) in [5.74, 6) is -0.663. The van der Waals surface area contributed by atoms with Crippen LogP contribution >= 0.6 is 11.3 Å². The second-order valence-corrected chi connectivity index (χ2v) is 10.2. The molecule has 0 radical (unpaired) electrons. The van der Waals surface area contributed by atoms with Crippen LogP contribution in [0.3, 0.4) is 0 Å². The lowest BCUT2D eigenvalue weighted by molar-refractivity contribution is -0.274. The second-order valence-electron chi connectivity index (χ2n) is 7.22. The maximum atomic E-state index is 12.9. The Morgan fingerprint density at radius 1 is 1.09 bits per heavy atom. The van der Waals surface area contributed by atoms with Crippen molar-refractivity contribution in [3.8, 4) is 5.75 Å². The number of carbonyl (C=O) groups is 1. The van der Waals surface area contributed by atoms with E-state index in [2.05, 4.69) is 9.72 Å². The van der Waals surface area contributed by atoms with E-state index in [-0.39, 0.29) is 22.1 Å². The highest BCUT2D eigenvalue weighted by Crippen LogP contribution is 2.33. The van der Waals surface area contributed by atoms with Crippen LogP contribution < -0.4 is 9.64 Å². The summed E-state index contributed by atoms with van der Waals surface area (Å²) in [4.78, 5) is 20.9. The van der Waals surface area contributed by atoms with E-state index < -0.39 is 16.2 Å². The van der Waals surface area contributed by atoms with Crippen molar-refractivity contribution in [2.24, 2.45) is 0 Å². The summed E-state index contributed by atoms with van der Waals surface area (Å²) in [5.41, 5.74) is 0.695. The van der Waals surface area contributed by atoms with E-state index in [1.807, 2.05) is 4.90 Å². The number of thiazole rings is 1. The van der Waals surface area contributed by atoms with Gasteiger partial charge in [0, 0.05) is 38.5 Å². The molecular formula is C20H18F3N3O4S2. The summed E-state index contributed by atoms with van der Waals surface area (Å²) < 4.78 is 65.9. The number of amides is 1. The van der Waals surface area contributed by atoms with Crippen LogP contribution in [0.15, 0.2) is 47.4 Å². The van der Waals surface area contributed by atoms with E-state index in [1.54, 1.807) is 17.0 Å². The monoisotopic (exact) mass is 485 g/mol. The van der Waals surface area contributed by atoms with Crippen molar-refractivity contribution in [3.05, 3.63) is 48.0 Å². The molecule has 4 rings (SSSR count). The van der Waals surface area contributed by atoms with Crippen LogP contribution in [0.5, 0.6) is 5.75 Å². The Balaban J connectivity index is 1.47. The van der Waals surface area contributed by atoms with E-state index in [0.717, 1.165) is 6.26 Å². The number of anilines is 1. The first kappa shape index (κ1) is 22.3. The molecule has 7 nitrogen and oxygen atoms in total. The third kappa shape index (κ3) is 4.80. The molecule has 12 heteroatoms. The van der Waals surface area contributed by atoms with Crippen molar-refractivity contribution in [1.82, 2.24) is 9.88 Å². The lowest BCUT2D eigenvalue weighted by Crippen LogP contribution is -2.49. The number of piperazine rings is 1. The van der Waals surface area contributed by atoms with Crippen molar-refractivity contribution in [1.29, 1.82) is 0 Å². The van der Waals surface area contributed by atoms with Crippen LogP contribution in [-0.4, -0.2) is 63.0 Å². The Morgan fingerprint density at radius 2 is 1.78 bits per heavy atom. The SMILES string of the molecule is CS(=O)(=O)c1ccccc1C(=O)N1CCN(c2nc3ccc(OC(F)(F)F)cc3s2)CC1. The Labute approximate surface area is 185 Å². The van der Waals surface area contributed by atoms with Crippen LogP contribution in [0, 0.1) is 0 Å². The molecule has 32 heavy (non-hydrogen) atoms. The summed E-state index contributed by atoms with van der Waals surface area (Å²) in [6.45, 7) is 1.63. The van der Waals surface area contributed by atoms with Crippen molar-refractivity contribution < 1.29 is 31.1 Å². The number of hydrogen-bond donors (Lipinski definition) is 0. The zero-order chi connectivity index (χ0) is 23.1. The summed E-state index contributed by atoms with van der Waals surface area (Å²) in [5, 5.41) is 0.632. The summed E-state index contributed by atoms with van der Waals surface area (Å²) in [6, 6.07) is 10.1. The zero-order valence-electron chi connectivity index (χ0n) is 16.8. The maximum absolute atomic E-state index is 12.9. The molecule has 0 aliphatic carbocycles. The fourth-order valence-electron chi connectivity index (χ4n) is 3.46. The van der Waals surface area contributed by atoms with E-state index in [9.17, 15) is 26.4 Å². The molecule has 1 amide bonds. The van der Waals surface area contributed by atoms with Gasteiger partial charge in [-0.05, 0) is 24.3 Å². The highest BCUT2D eigenvalue weighted by molar-refractivity contribution is 7.90. The van der Waals surface area contributed by atoms with E-state index in [1.165, 1.54) is 41.7 Å². The van der Waals surface area contributed by atoms with Crippen molar-refractivity contribution in [2.45, 2.75) is 11.3 Å². The van der Waals surface area contributed by atoms with Gasteiger partial charge in [-0.15, -0.1) is 13.2 Å². The number of rotatable bonds is 4. The number of hydrogen-bond acceptors (Lipinski definition) is 7. The molecule has 1 aliphatic rings. The second kappa shape index (κ2) is 8.24. The van der Waals surface area contributed by atoms with Crippen LogP contribution in [0.25, 0.3) is 10.2 Å². The first-order chi connectivity index (χ1) is 15.0. The average molecular weight is 486 g/mol. The predicted molar refractivity (Wildman–Crippen MR) is 114 cm³/mol. The molecule has 0 spiro atoms. The maximum Gasteiger partial charge on any atom is 0.573 e. The van der Waals surface area contributed by atoms with Crippen LogP contribution in [-0.2, 0) is 9.84 Å². The smallest absolute Gasteiger partial charge is 0.406 e. The summed E-state index contributed by atoms with van der Waals surface area (Å²) in [7, 11) is -3.55. The Kier molecular flexibility index (Phi) is 5.76. The van der Waals surface area contributed by atoms with Crippen molar-refractivity contribution in [2.75, 3.05) is 37.3 Å². The number of fused-ring (bicyclic) bond motifs is 1. The molecule has 2 heterocycles. The first-order valence-corrected chi connectivity index (χ1v) is 12.2. The van der Waals surface area contributed by atoms with Gasteiger partial charge in [-0.25, -0.2) is 13.4 Å². The van der Waals surface area contributed by atoms with Crippen LogP contribution in [0.1, 0.15) is 10.4 Å². The number of sulfone groups is 1. The van der Waals surface area contributed by atoms with Gasteiger partial charge in [-0.1, -0.05) is 23.5 Å². The fourth-order valence-corrected chi connectivity index (χ4v) is 5.39. The Hall–Kier alpha value is -2.86. The molecule has 170 valence electrons. The Bertz CT molecular complexity index is 1270. The van der Waals surface area contributed by atoms with Crippen molar-refractivity contribution in [3.63, 3.8) is 0 Å². The average Bonchev–Trinajstić information content (AvgIpc) is 3.15. The fraction of sp³-hybridized carbons (Fsp3) is 0.300. The molecule has 3 aromatic rings. The van der Waals surface area contributed by atoms with Gasteiger partial charge in [0.25, 0.3) is 5.91 Å². The van der Waals surface area contributed by atoms with Crippen LogP contribution in [0.2, 0.25) is 0 Å². The van der Waals surface area contributed by atoms with Gasteiger partial charge in [-0.2, -0.15) is 0 Å². The van der Waals surface area contributed by atoms with Gasteiger partial charge in [0.1, 0.15) is 5.75 Å². The van der Waals surface area contributed by atoms with Crippen LogP contribution in [0.4, 0.5) is 18.3 Å². The number of ether oxygens (including phenoxy) is 1. The Morgan fingerprint density at radius 3 is 2.44 bits per heavy atom. The predicted octanol–water partition coefficient (Wildman–Crippen LogP) is 3.56. The summed E-state index contributed by atoms with van der Waals surface area (Å²) >= 11 is 1.24. The van der Waals surface area contributed by atoms with Gasteiger partial charge < -0.3 is 14.5 Å². The van der Waals surface area contributed by atoms with E-state index in [0.29, 0.717) is 41.5 Å². The molecule has 1 saturated heterocycles. The third-order valence-electron chi connectivity index (χ3n) is 4.94. The number of alkyl halides is 3. The molecule has 1 fully saturated rings. The highest BCUT2D eigenvalue weighted by Gasteiger charge is 2.31. The van der Waals surface area contributed by atoms with Gasteiger partial charge in [0.15, 0.2) is 15.0 Å². The van der Waals surface area contributed by atoms with Gasteiger partial charge in [0.05, 0.1) is 20.7 Å². The number of halogens is 3. The van der Waals surface area contributed by atoms with Gasteiger partial charge >= 0.3 is 6.36 Å². The minimum atomic E-state index is -4.76. The number of benzene rings is 2. The molecule has 1 aromatic heterocycles. The quantitative estimate of drug-likeness (QED) is 0.562. The molecule has 0 N–H and O–H groups in total. The molecule has 0 unspecified atom stereocenters. The molecule has 0 atom stereocenters. The lowest BCUT2D eigenvalue weighted by Gasteiger charge is -2.34. The zero-order valence-corrected chi connectivity index (χ0v) is 18.4.